The number of hydrogen-bond acceptors (Lipinski definition) is 3. The minimum Gasteiger partial charge on any atom is -0.391 e. The van der Waals surface area contributed by atoms with Gasteiger partial charge in [-0.1, -0.05) is 34.1 Å². The van der Waals surface area contributed by atoms with Crippen LogP contribution >= 0.6 is 0 Å². The Bertz CT molecular complexity index is 219. The van der Waals surface area contributed by atoms with E-state index in [0.717, 1.165) is 12.8 Å². The number of aliphatic hydroxyl groups excluding tert-OH is 1. The fourth-order valence-corrected chi connectivity index (χ4v) is 1.55. The lowest BCUT2D eigenvalue weighted by Gasteiger charge is -2.20. The highest BCUT2D eigenvalue weighted by Gasteiger charge is 2.19. The lowest BCUT2D eigenvalue weighted by atomic mass is 9.98. The molecular weight excluding hydrogens is 216 g/mol. The minimum atomic E-state index is -0.741. The molecule has 0 aromatic rings. The molecule has 3 atom stereocenters. The average molecular weight is 244 g/mol. The maximum absolute atomic E-state index is 11.5. The van der Waals surface area contributed by atoms with Crippen LogP contribution in [0.5, 0.6) is 0 Å². The van der Waals surface area contributed by atoms with Gasteiger partial charge in [-0.15, -0.1) is 0 Å². The molecule has 0 unspecified atom stereocenters. The van der Waals surface area contributed by atoms with Gasteiger partial charge >= 0.3 is 0 Å². The second kappa shape index (κ2) is 8.48. The van der Waals surface area contributed by atoms with E-state index in [1.165, 1.54) is 0 Å². The number of rotatable bonds is 8. The summed E-state index contributed by atoms with van der Waals surface area (Å²) in [6, 6.07) is -0.315. The van der Waals surface area contributed by atoms with Gasteiger partial charge in [0.1, 0.15) is 0 Å². The van der Waals surface area contributed by atoms with Gasteiger partial charge in [-0.05, 0) is 18.3 Å². The van der Waals surface area contributed by atoms with Gasteiger partial charge in [0.15, 0.2) is 0 Å². The molecule has 102 valence electrons. The third-order valence-corrected chi connectivity index (χ3v) is 2.98. The molecule has 0 saturated carbocycles. The van der Waals surface area contributed by atoms with Crippen LogP contribution in [0.4, 0.5) is 0 Å². The van der Waals surface area contributed by atoms with Crippen molar-refractivity contribution in [3.63, 3.8) is 0 Å². The van der Waals surface area contributed by atoms with Gasteiger partial charge in [-0.25, -0.2) is 0 Å². The molecule has 0 aliphatic rings. The minimum absolute atomic E-state index is 0.102. The Kier molecular flexibility index (Phi) is 8.17. The van der Waals surface area contributed by atoms with E-state index in [4.69, 9.17) is 5.73 Å². The predicted molar refractivity (Wildman–Crippen MR) is 70.5 cm³/mol. The van der Waals surface area contributed by atoms with Crippen molar-refractivity contribution >= 4 is 5.91 Å². The first-order valence-electron chi connectivity index (χ1n) is 6.57. The van der Waals surface area contributed by atoms with E-state index in [1.807, 2.05) is 0 Å². The van der Waals surface area contributed by atoms with E-state index in [-0.39, 0.29) is 18.4 Å². The molecule has 0 spiro atoms. The van der Waals surface area contributed by atoms with Crippen LogP contribution in [0.25, 0.3) is 0 Å². The summed E-state index contributed by atoms with van der Waals surface area (Å²) < 4.78 is 0. The van der Waals surface area contributed by atoms with Crippen molar-refractivity contribution in [1.82, 2.24) is 5.32 Å². The largest absolute Gasteiger partial charge is 0.391 e. The standard InChI is InChI=1S/C13H28N2O2/c1-5-10(4)8-15-13(17)7-12(16)11(14)6-9(2)3/h9-12,16H,5-8,14H2,1-4H3,(H,15,17)/t10-,11-,12-/m0/s1. The van der Waals surface area contributed by atoms with E-state index < -0.39 is 6.10 Å². The predicted octanol–water partition coefficient (Wildman–Crippen LogP) is 1.27. The van der Waals surface area contributed by atoms with Gasteiger partial charge < -0.3 is 16.2 Å². The van der Waals surface area contributed by atoms with Crippen LogP contribution in [0.1, 0.15) is 47.0 Å². The van der Waals surface area contributed by atoms with Gasteiger partial charge in [0.2, 0.25) is 5.91 Å². The summed E-state index contributed by atoms with van der Waals surface area (Å²) in [4.78, 5) is 11.5. The molecule has 0 aliphatic carbocycles. The lowest BCUT2D eigenvalue weighted by Crippen LogP contribution is -2.40. The summed E-state index contributed by atoms with van der Waals surface area (Å²) >= 11 is 0. The van der Waals surface area contributed by atoms with Crippen molar-refractivity contribution in [2.24, 2.45) is 17.6 Å². The molecule has 0 heterocycles. The van der Waals surface area contributed by atoms with Crippen molar-refractivity contribution in [1.29, 1.82) is 0 Å². The zero-order valence-electron chi connectivity index (χ0n) is 11.6. The summed E-state index contributed by atoms with van der Waals surface area (Å²) in [6.45, 7) is 8.94. The molecule has 4 N–H and O–H groups in total. The summed E-state index contributed by atoms with van der Waals surface area (Å²) in [7, 11) is 0. The highest BCUT2D eigenvalue weighted by molar-refractivity contribution is 5.76. The van der Waals surface area contributed by atoms with Crippen molar-refractivity contribution in [2.75, 3.05) is 6.54 Å². The van der Waals surface area contributed by atoms with Gasteiger partial charge in [0, 0.05) is 12.6 Å². The molecule has 0 radical (unpaired) electrons. The number of nitrogens with two attached hydrogens (primary N) is 1. The van der Waals surface area contributed by atoms with E-state index in [1.54, 1.807) is 0 Å². The zero-order chi connectivity index (χ0) is 13.4. The number of nitrogens with one attached hydrogen (secondary N) is 1. The van der Waals surface area contributed by atoms with E-state index in [9.17, 15) is 9.90 Å². The normalized spacial score (nSPS) is 16.6. The molecule has 0 aromatic heterocycles. The topological polar surface area (TPSA) is 75.3 Å². The summed E-state index contributed by atoms with van der Waals surface area (Å²) in [6.07, 6.45) is 1.13. The maximum Gasteiger partial charge on any atom is 0.222 e. The quantitative estimate of drug-likeness (QED) is 0.602. The Balaban J connectivity index is 3.86. The molecular formula is C13H28N2O2. The molecule has 0 fully saturated rings. The van der Waals surface area contributed by atoms with Crippen LogP contribution in [0.2, 0.25) is 0 Å². The van der Waals surface area contributed by atoms with E-state index >= 15 is 0 Å². The monoisotopic (exact) mass is 244 g/mol. The lowest BCUT2D eigenvalue weighted by molar-refractivity contribution is -0.123. The van der Waals surface area contributed by atoms with Crippen LogP contribution in [0.3, 0.4) is 0 Å². The van der Waals surface area contributed by atoms with Crippen molar-refractivity contribution in [3.8, 4) is 0 Å². The highest BCUT2D eigenvalue weighted by atomic mass is 16.3. The molecule has 0 saturated heterocycles. The van der Waals surface area contributed by atoms with Crippen LogP contribution in [0, 0.1) is 11.8 Å². The first-order valence-corrected chi connectivity index (χ1v) is 6.57. The molecule has 17 heavy (non-hydrogen) atoms. The van der Waals surface area contributed by atoms with Crippen molar-refractivity contribution in [2.45, 2.75) is 59.1 Å². The molecule has 0 aromatic carbocycles. The number of carbonyl (C=O) groups is 1. The Morgan fingerprint density at radius 1 is 1.35 bits per heavy atom. The van der Waals surface area contributed by atoms with Gasteiger partial charge in [-0.3, -0.25) is 4.79 Å². The number of carbonyl (C=O) groups excluding carboxylic acids is 1. The number of aliphatic hydroxyl groups is 1. The molecule has 4 nitrogen and oxygen atoms in total. The number of amides is 1. The summed E-state index contributed by atoms with van der Waals surface area (Å²) in [5.41, 5.74) is 5.82. The molecule has 4 heteroatoms. The van der Waals surface area contributed by atoms with Crippen LogP contribution in [-0.2, 0) is 4.79 Å². The van der Waals surface area contributed by atoms with Gasteiger partial charge in [-0.2, -0.15) is 0 Å². The first kappa shape index (κ1) is 16.4. The Hall–Kier alpha value is -0.610. The fraction of sp³-hybridized carbons (Fsp3) is 0.923. The Morgan fingerprint density at radius 2 is 1.94 bits per heavy atom. The van der Waals surface area contributed by atoms with Crippen molar-refractivity contribution in [3.05, 3.63) is 0 Å². The summed E-state index contributed by atoms with van der Waals surface area (Å²) in [5, 5.41) is 12.6. The van der Waals surface area contributed by atoms with Crippen molar-refractivity contribution < 1.29 is 9.90 Å². The number of hydrogen-bond donors (Lipinski definition) is 3. The van der Waals surface area contributed by atoms with E-state index in [2.05, 4.69) is 33.0 Å². The first-order chi connectivity index (χ1) is 7.86. The average Bonchev–Trinajstić information content (AvgIpc) is 2.24. The third-order valence-electron chi connectivity index (χ3n) is 2.98. The zero-order valence-corrected chi connectivity index (χ0v) is 11.6. The van der Waals surface area contributed by atoms with Crippen LogP contribution in [-0.4, -0.2) is 29.7 Å². The smallest absolute Gasteiger partial charge is 0.222 e. The van der Waals surface area contributed by atoms with Crippen LogP contribution < -0.4 is 11.1 Å². The van der Waals surface area contributed by atoms with Gasteiger partial charge in [0.05, 0.1) is 12.5 Å². The summed E-state index contributed by atoms with van der Waals surface area (Å²) in [5.74, 6) is 0.792. The maximum atomic E-state index is 11.5. The Labute approximate surface area is 105 Å². The van der Waals surface area contributed by atoms with Gasteiger partial charge in [0.25, 0.3) is 0 Å². The highest BCUT2D eigenvalue weighted by Crippen LogP contribution is 2.08. The molecule has 0 aliphatic heterocycles. The molecule has 0 bridgehead atoms. The van der Waals surface area contributed by atoms with E-state index in [0.29, 0.717) is 18.4 Å². The molecule has 0 rings (SSSR count). The SMILES string of the molecule is CC[C@H](C)CNC(=O)C[C@H](O)[C@@H](N)CC(C)C. The second-order valence-corrected chi connectivity index (χ2v) is 5.38. The fourth-order valence-electron chi connectivity index (χ4n) is 1.55. The Morgan fingerprint density at radius 3 is 2.41 bits per heavy atom. The third kappa shape index (κ3) is 8.16. The second-order valence-electron chi connectivity index (χ2n) is 5.38. The van der Waals surface area contributed by atoms with Crippen LogP contribution in [0.15, 0.2) is 0 Å². The molecule has 1 amide bonds.